The maximum Gasteiger partial charge on any atom is 0.262 e. The molecule has 1 fully saturated rings. The van der Waals surface area contributed by atoms with Crippen molar-refractivity contribution in [1.82, 2.24) is 24.4 Å². The zero-order valence-corrected chi connectivity index (χ0v) is 25.8. The number of pyridine rings is 1. The van der Waals surface area contributed by atoms with E-state index in [9.17, 15) is 9.59 Å². The van der Waals surface area contributed by atoms with Gasteiger partial charge in [-0.05, 0) is 49.9 Å². The average molecular weight is 610 g/mol. The molecule has 0 bridgehead atoms. The van der Waals surface area contributed by atoms with Gasteiger partial charge in [-0.1, -0.05) is 24.3 Å². The topological polar surface area (TPSA) is 96.2 Å². The number of ketones is 1. The van der Waals surface area contributed by atoms with E-state index in [1.54, 1.807) is 22.3 Å². The Labute approximate surface area is 257 Å². The third-order valence-electron chi connectivity index (χ3n) is 8.22. The predicted octanol–water partition coefficient (Wildman–Crippen LogP) is 5.56. The van der Waals surface area contributed by atoms with Crippen LogP contribution in [0.3, 0.4) is 0 Å². The van der Waals surface area contributed by atoms with Gasteiger partial charge in [-0.2, -0.15) is 16.7 Å². The lowest BCUT2D eigenvalue weighted by atomic mass is 9.96. The second-order valence-corrected chi connectivity index (χ2v) is 13.5. The van der Waals surface area contributed by atoms with Crippen LogP contribution in [0.15, 0.2) is 71.1 Å². The van der Waals surface area contributed by atoms with Crippen molar-refractivity contribution in [3.63, 3.8) is 0 Å². The first-order chi connectivity index (χ1) is 20.9. The number of nitrogens with zero attached hydrogens (tertiary/aromatic N) is 6. The highest BCUT2D eigenvalue weighted by Gasteiger charge is 2.34. The molecule has 0 saturated carbocycles. The molecule has 1 saturated heterocycles. The summed E-state index contributed by atoms with van der Waals surface area (Å²) in [4.78, 5) is 47.4. The fourth-order valence-corrected chi connectivity index (χ4v) is 7.93. The summed E-state index contributed by atoms with van der Waals surface area (Å²) >= 11 is 3.47. The summed E-state index contributed by atoms with van der Waals surface area (Å²) in [5.41, 5.74) is 6.48. The summed E-state index contributed by atoms with van der Waals surface area (Å²) in [6.45, 7) is 4.43. The number of hydrogen-bond donors (Lipinski definition) is 1. The molecule has 11 heteroatoms. The van der Waals surface area contributed by atoms with Crippen LogP contribution in [0.2, 0.25) is 0 Å². The third-order valence-corrected chi connectivity index (χ3v) is 10.2. The summed E-state index contributed by atoms with van der Waals surface area (Å²) < 4.78 is 1.55. The van der Waals surface area contributed by atoms with Crippen molar-refractivity contribution >= 4 is 57.2 Å². The number of carbonyl (C=O) groups excluding carboxylic acids is 1. The number of likely N-dealkylation sites (N-methyl/N-ethyl adjacent to an activating group) is 2. The highest BCUT2D eigenvalue weighted by molar-refractivity contribution is 7.99. The second kappa shape index (κ2) is 11.2. The fraction of sp³-hybridized carbons (Fsp3) is 0.281. The summed E-state index contributed by atoms with van der Waals surface area (Å²) in [7, 11) is 4.10. The molecule has 2 atom stereocenters. The number of Topliss-reactive ketones (excluding diaryl/α,β-unsaturated/α-hetero) is 1. The highest BCUT2D eigenvalue weighted by atomic mass is 32.2. The smallest absolute Gasteiger partial charge is 0.262 e. The Hall–Kier alpha value is -4.06. The van der Waals surface area contributed by atoms with Crippen LogP contribution in [0.4, 0.5) is 17.3 Å². The number of thiazole rings is 1. The van der Waals surface area contributed by atoms with Crippen LogP contribution in [0.1, 0.15) is 32.1 Å². The van der Waals surface area contributed by atoms with E-state index in [-0.39, 0.29) is 11.3 Å². The van der Waals surface area contributed by atoms with Gasteiger partial charge in [0.1, 0.15) is 11.7 Å². The molecule has 0 spiro atoms. The Bertz CT molecular complexity index is 1900. The molecule has 7 rings (SSSR count). The first-order valence-electron chi connectivity index (χ1n) is 14.2. The fourth-order valence-electron chi connectivity index (χ4n) is 5.93. The first kappa shape index (κ1) is 27.8. The Morgan fingerprint density at radius 3 is 2.56 bits per heavy atom. The maximum absolute atomic E-state index is 14.2. The molecule has 0 aliphatic carbocycles. The van der Waals surface area contributed by atoms with Crippen LogP contribution < -0.4 is 15.8 Å². The van der Waals surface area contributed by atoms with E-state index in [1.807, 2.05) is 67.0 Å². The quantitative estimate of drug-likeness (QED) is 0.275. The predicted molar refractivity (Wildman–Crippen MR) is 175 cm³/mol. The van der Waals surface area contributed by atoms with Gasteiger partial charge in [-0.25, -0.2) is 9.97 Å². The number of carbonyl (C=O) groups is 1. The molecule has 2 unspecified atom stereocenters. The van der Waals surface area contributed by atoms with E-state index >= 15 is 0 Å². The lowest BCUT2D eigenvalue weighted by Crippen LogP contribution is -2.42. The van der Waals surface area contributed by atoms with Gasteiger partial charge in [-0.3, -0.25) is 14.2 Å². The maximum atomic E-state index is 14.2. The number of rotatable bonds is 5. The van der Waals surface area contributed by atoms with Crippen molar-refractivity contribution in [2.45, 2.75) is 18.2 Å². The number of aryl methyl sites for hydroxylation is 1. The molecular formula is C32H31N7O2S2. The van der Waals surface area contributed by atoms with Crippen molar-refractivity contribution in [1.29, 1.82) is 0 Å². The third kappa shape index (κ3) is 5.11. The van der Waals surface area contributed by atoms with Gasteiger partial charge in [0, 0.05) is 71.1 Å². The standard InChI is InChI=1S/C32H31N7O2S2/c1-19-28(34-18-43-19)24-14-21-15-33-32(35-22-10-8-20(9-11-22)27-17-37(2)12-13-42-27)36-30(21)39(31(24)41)26-16-38(3)25-7-5-4-6-23(25)29(26)40/h4-11,14-15,18,26-27H,12-13,16-17H2,1-3H3,(H,33,35,36). The molecule has 2 aliphatic rings. The number of para-hydroxylation sites is 1. The molecular weight excluding hydrogens is 579 g/mol. The van der Waals surface area contributed by atoms with Crippen LogP contribution in [-0.4, -0.2) is 69.7 Å². The van der Waals surface area contributed by atoms with Crippen molar-refractivity contribution in [2.75, 3.05) is 49.7 Å². The van der Waals surface area contributed by atoms with Gasteiger partial charge in [-0.15, -0.1) is 11.3 Å². The molecule has 5 heterocycles. The highest BCUT2D eigenvalue weighted by Crippen LogP contribution is 2.35. The van der Waals surface area contributed by atoms with Gasteiger partial charge in [0.2, 0.25) is 5.95 Å². The number of nitrogens with one attached hydrogen (secondary N) is 1. The summed E-state index contributed by atoms with van der Waals surface area (Å²) in [5.74, 6) is 1.37. The number of benzene rings is 2. The van der Waals surface area contributed by atoms with E-state index in [2.05, 4.69) is 39.4 Å². The van der Waals surface area contributed by atoms with Crippen LogP contribution in [0.25, 0.3) is 22.3 Å². The molecule has 9 nitrogen and oxygen atoms in total. The lowest BCUT2D eigenvalue weighted by Gasteiger charge is -2.33. The van der Waals surface area contributed by atoms with Crippen LogP contribution >= 0.6 is 23.1 Å². The zero-order chi connectivity index (χ0) is 29.7. The average Bonchev–Trinajstić information content (AvgIpc) is 3.45. The summed E-state index contributed by atoms with van der Waals surface area (Å²) in [6.07, 6.45) is 1.71. The minimum Gasteiger partial charge on any atom is -0.371 e. The summed E-state index contributed by atoms with van der Waals surface area (Å²) in [5, 5.41) is 4.42. The Balaban J connectivity index is 1.30. The van der Waals surface area contributed by atoms with Crippen LogP contribution in [0, 0.1) is 6.92 Å². The number of thioether (sulfide) groups is 1. The molecule has 0 amide bonds. The van der Waals surface area contributed by atoms with E-state index in [4.69, 9.17) is 4.98 Å². The van der Waals surface area contributed by atoms with E-state index in [1.165, 1.54) is 16.9 Å². The molecule has 2 aromatic carbocycles. The first-order valence-corrected chi connectivity index (χ1v) is 16.1. The molecule has 2 aliphatic heterocycles. The van der Waals surface area contributed by atoms with Gasteiger partial charge in [0.25, 0.3) is 5.56 Å². The van der Waals surface area contributed by atoms with Gasteiger partial charge in [0.05, 0.1) is 16.8 Å². The lowest BCUT2D eigenvalue weighted by molar-refractivity contribution is 0.0922. The number of aromatic nitrogens is 4. The molecule has 5 aromatic rings. The van der Waals surface area contributed by atoms with Gasteiger partial charge >= 0.3 is 0 Å². The Kier molecular flexibility index (Phi) is 7.24. The monoisotopic (exact) mass is 609 g/mol. The van der Waals surface area contributed by atoms with Crippen molar-refractivity contribution < 1.29 is 4.79 Å². The normalized spacial score (nSPS) is 19.0. The molecule has 3 aromatic heterocycles. The van der Waals surface area contributed by atoms with Crippen molar-refractivity contribution in [3.8, 4) is 11.3 Å². The largest absolute Gasteiger partial charge is 0.371 e. The van der Waals surface area contributed by atoms with E-state index in [0.717, 1.165) is 35.1 Å². The Morgan fingerprint density at radius 1 is 0.977 bits per heavy atom. The van der Waals surface area contributed by atoms with Gasteiger partial charge in [0.15, 0.2) is 5.78 Å². The minimum atomic E-state index is -0.762. The number of anilines is 3. The Morgan fingerprint density at radius 2 is 1.79 bits per heavy atom. The van der Waals surface area contributed by atoms with Crippen LogP contribution in [0.5, 0.6) is 0 Å². The number of fused-ring (bicyclic) bond motifs is 2. The number of hydrogen-bond acceptors (Lipinski definition) is 10. The van der Waals surface area contributed by atoms with Crippen molar-refractivity contribution in [2.24, 2.45) is 0 Å². The molecule has 43 heavy (non-hydrogen) atoms. The molecule has 218 valence electrons. The molecule has 0 radical (unpaired) electrons. The van der Waals surface area contributed by atoms with E-state index in [0.29, 0.717) is 45.6 Å². The SMILES string of the molecule is Cc1scnc1-c1cc2cnc(Nc3ccc(C4CN(C)CCS4)cc3)nc2n(C2CN(C)c3ccccc3C2=O)c1=O. The zero-order valence-electron chi connectivity index (χ0n) is 24.2. The summed E-state index contributed by atoms with van der Waals surface area (Å²) in [6, 6.07) is 16.9. The van der Waals surface area contributed by atoms with Gasteiger partial charge < -0.3 is 15.1 Å². The van der Waals surface area contributed by atoms with Crippen molar-refractivity contribution in [3.05, 3.63) is 92.7 Å². The van der Waals surface area contributed by atoms with Crippen LogP contribution in [-0.2, 0) is 0 Å². The molecule has 1 N–H and O–H groups in total. The minimum absolute atomic E-state index is 0.112. The second-order valence-electron chi connectivity index (χ2n) is 11.1. The van der Waals surface area contributed by atoms with E-state index < -0.39 is 6.04 Å².